The molecule has 144 valence electrons. The van der Waals surface area contributed by atoms with Gasteiger partial charge in [0.25, 0.3) is 0 Å². The van der Waals surface area contributed by atoms with E-state index in [0.29, 0.717) is 21.3 Å². The van der Waals surface area contributed by atoms with Crippen LogP contribution in [0.3, 0.4) is 0 Å². The van der Waals surface area contributed by atoms with Gasteiger partial charge in [-0.2, -0.15) is 0 Å². The van der Waals surface area contributed by atoms with E-state index in [-0.39, 0.29) is 22.2 Å². The van der Waals surface area contributed by atoms with E-state index in [0.717, 1.165) is 23.9 Å². The lowest BCUT2D eigenvalue weighted by molar-refractivity contribution is 0.392. The van der Waals surface area contributed by atoms with Crippen LogP contribution in [0.4, 0.5) is 14.6 Å². The van der Waals surface area contributed by atoms with Crippen molar-refractivity contribution >= 4 is 39.3 Å². The third-order valence-electron chi connectivity index (χ3n) is 3.67. The molecule has 3 rings (SSSR count). The molecule has 6 nitrogen and oxygen atoms in total. The molecule has 10 heteroatoms. The van der Waals surface area contributed by atoms with Crippen LogP contribution >= 0.6 is 23.1 Å². The second kappa shape index (κ2) is 8.32. The fraction of sp³-hybridized carbons (Fsp3) is 0.353. The maximum atomic E-state index is 13.8. The minimum Gasteiger partial charge on any atom is -0.365 e. The van der Waals surface area contributed by atoms with Gasteiger partial charge in [0.05, 0.1) is 0 Å². The Morgan fingerprint density at radius 1 is 1.33 bits per heavy atom. The number of likely N-dealkylation sites (N-methyl/N-ethyl adjacent to an activating group) is 1. The highest BCUT2D eigenvalue weighted by molar-refractivity contribution is 7.98. The summed E-state index contributed by atoms with van der Waals surface area (Å²) < 4.78 is 27.8. The van der Waals surface area contributed by atoms with E-state index in [1.54, 1.807) is 0 Å². The predicted molar refractivity (Wildman–Crippen MR) is 106 cm³/mol. The number of fused-ring (bicyclic) bond motifs is 1. The molecular formula is C17H19F2N5OS2. The van der Waals surface area contributed by atoms with Crippen molar-refractivity contribution in [1.29, 1.82) is 0 Å². The first-order valence-corrected chi connectivity index (χ1v) is 10.0. The number of thioether (sulfide) groups is 1. The van der Waals surface area contributed by atoms with Crippen LogP contribution in [0.15, 0.2) is 28.2 Å². The molecule has 0 saturated carbocycles. The summed E-state index contributed by atoms with van der Waals surface area (Å²) >= 11 is 2.22. The van der Waals surface area contributed by atoms with Crippen molar-refractivity contribution in [2.75, 3.05) is 26.0 Å². The van der Waals surface area contributed by atoms with Crippen molar-refractivity contribution in [3.63, 3.8) is 0 Å². The van der Waals surface area contributed by atoms with Crippen LogP contribution in [0.25, 0.3) is 10.3 Å². The molecule has 0 aliphatic rings. The number of nitrogens with one attached hydrogen (secondary N) is 2. The van der Waals surface area contributed by atoms with Crippen molar-refractivity contribution in [2.45, 2.75) is 23.9 Å². The Hall–Kier alpha value is -2.04. The summed E-state index contributed by atoms with van der Waals surface area (Å²) in [6, 6.07) is 4.16. The molecule has 1 aromatic carbocycles. The van der Waals surface area contributed by atoms with Crippen molar-refractivity contribution in [1.82, 2.24) is 19.9 Å². The van der Waals surface area contributed by atoms with Crippen LogP contribution in [-0.2, 0) is 5.75 Å². The molecule has 0 spiro atoms. The average Bonchev–Trinajstić information content (AvgIpc) is 2.96. The van der Waals surface area contributed by atoms with Crippen LogP contribution in [-0.4, -0.2) is 46.5 Å². The highest BCUT2D eigenvalue weighted by Crippen LogP contribution is 2.28. The van der Waals surface area contributed by atoms with E-state index >= 15 is 0 Å². The number of rotatable bonds is 7. The SMILES string of the molecule is CC(CN(C)C)Nc1nc(SCc2cccc(F)c2F)nc2[nH]c(=O)sc12. The number of anilines is 1. The molecule has 2 N–H and O–H groups in total. The Morgan fingerprint density at radius 3 is 2.85 bits per heavy atom. The van der Waals surface area contributed by atoms with Gasteiger partial charge in [0.1, 0.15) is 4.70 Å². The molecule has 0 radical (unpaired) electrons. The molecule has 2 aromatic heterocycles. The van der Waals surface area contributed by atoms with Crippen molar-refractivity contribution in [3.05, 3.63) is 45.1 Å². The summed E-state index contributed by atoms with van der Waals surface area (Å²) in [4.78, 5) is 25.1. The van der Waals surface area contributed by atoms with Gasteiger partial charge < -0.3 is 10.2 Å². The average molecular weight is 412 g/mol. The van der Waals surface area contributed by atoms with Crippen molar-refractivity contribution in [2.24, 2.45) is 0 Å². The molecule has 0 aliphatic carbocycles. The Labute approximate surface area is 163 Å². The van der Waals surface area contributed by atoms with Gasteiger partial charge in [-0.3, -0.25) is 9.78 Å². The highest BCUT2D eigenvalue weighted by Gasteiger charge is 2.15. The Kier molecular flexibility index (Phi) is 6.08. The molecule has 2 heterocycles. The molecule has 1 unspecified atom stereocenters. The van der Waals surface area contributed by atoms with Gasteiger partial charge in [-0.15, -0.1) is 0 Å². The number of benzene rings is 1. The second-order valence-electron chi connectivity index (χ2n) is 6.36. The minimum atomic E-state index is -0.883. The Bertz CT molecular complexity index is 1000. The summed E-state index contributed by atoms with van der Waals surface area (Å²) in [5.41, 5.74) is 0.666. The number of aromatic nitrogens is 3. The molecule has 0 aliphatic heterocycles. The first-order valence-electron chi connectivity index (χ1n) is 8.21. The maximum Gasteiger partial charge on any atom is 0.306 e. The molecule has 1 atom stereocenters. The van der Waals surface area contributed by atoms with E-state index in [4.69, 9.17) is 0 Å². The van der Waals surface area contributed by atoms with Crippen LogP contribution in [0.2, 0.25) is 0 Å². The zero-order chi connectivity index (χ0) is 19.6. The summed E-state index contributed by atoms with van der Waals surface area (Å²) in [5.74, 6) is -1.02. The van der Waals surface area contributed by atoms with E-state index in [2.05, 4.69) is 20.3 Å². The van der Waals surface area contributed by atoms with Crippen LogP contribution < -0.4 is 10.2 Å². The molecule has 0 bridgehead atoms. The van der Waals surface area contributed by atoms with E-state index in [1.807, 2.05) is 25.9 Å². The number of hydrogen-bond acceptors (Lipinski definition) is 7. The molecular weight excluding hydrogens is 392 g/mol. The van der Waals surface area contributed by atoms with Crippen LogP contribution in [0, 0.1) is 11.6 Å². The van der Waals surface area contributed by atoms with Gasteiger partial charge in [-0.1, -0.05) is 35.2 Å². The van der Waals surface area contributed by atoms with Gasteiger partial charge in [0.15, 0.2) is 28.3 Å². The lowest BCUT2D eigenvalue weighted by Gasteiger charge is -2.19. The third-order valence-corrected chi connectivity index (χ3v) is 5.45. The zero-order valence-corrected chi connectivity index (χ0v) is 16.7. The number of aromatic amines is 1. The van der Waals surface area contributed by atoms with Gasteiger partial charge in [-0.05, 0) is 27.1 Å². The largest absolute Gasteiger partial charge is 0.365 e. The molecule has 0 amide bonds. The minimum absolute atomic E-state index is 0.0915. The van der Waals surface area contributed by atoms with Crippen molar-refractivity contribution < 1.29 is 8.78 Å². The topological polar surface area (TPSA) is 73.9 Å². The monoisotopic (exact) mass is 411 g/mol. The molecule has 0 fully saturated rings. The smallest absolute Gasteiger partial charge is 0.306 e. The standard InChI is InChI=1S/C17H19F2N5OS2/c1-9(7-24(2)3)20-14-13-15(23-17(25)27-13)22-16(21-14)26-8-10-5-4-6-11(18)12(10)19/h4-6,9H,7-8H2,1-3H3,(H2,20,21,22,23,25). The quantitative estimate of drug-likeness (QED) is 0.459. The second-order valence-corrected chi connectivity index (χ2v) is 8.28. The van der Waals surface area contributed by atoms with Gasteiger partial charge in [0, 0.05) is 23.9 Å². The zero-order valence-electron chi connectivity index (χ0n) is 15.0. The van der Waals surface area contributed by atoms with Gasteiger partial charge >= 0.3 is 4.87 Å². The fourth-order valence-electron chi connectivity index (χ4n) is 2.62. The molecule has 27 heavy (non-hydrogen) atoms. The normalized spacial score (nSPS) is 12.7. The number of hydrogen-bond donors (Lipinski definition) is 2. The first kappa shape index (κ1) is 19.7. The Morgan fingerprint density at radius 2 is 2.11 bits per heavy atom. The lowest BCUT2D eigenvalue weighted by Crippen LogP contribution is -2.30. The summed E-state index contributed by atoms with van der Waals surface area (Å²) in [7, 11) is 3.94. The number of nitrogens with zero attached hydrogens (tertiary/aromatic N) is 3. The van der Waals surface area contributed by atoms with Crippen molar-refractivity contribution in [3.8, 4) is 0 Å². The summed E-state index contributed by atoms with van der Waals surface area (Å²) in [6.45, 7) is 2.79. The van der Waals surface area contributed by atoms with E-state index < -0.39 is 11.6 Å². The summed E-state index contributed by atoms with van der Waals surface area (Å²) in [5, 5.41) is 3.67. The van der Waals surface area contributed by atoms with E-state index in [1.165, 1.54) is 23.9 Å². The Balaban J connectivity index is 1.87. The van der Waals surface area contributed by atoms with Crippen LogP contribution in [0.1, 0.15) is 12.5 Å². The third kappa shape index (κ3) is 4.82. The first-order chi connectivity index (χ1) is 12.8. The van der Waals surface area contributed by atoms with Gasteiger partial charge in [0.2, 0.25) is 0 Å². The molecule has 0 saturated heterocycles. The summed E-state index contributed by atoms with van der Waals surface area (Å²) in [6.07, 6.45) is 0. The molecule has 3 aromatic rings. The predicted octanol–water partition coefficient (Wildman–Crippen LogP) is 3.31. The number of thiazole rings is 1. The number of halogens is 2. The highest BCUT2D eigenvalue weighted by atomic mass is 32.2. The maximum absolute atomic E-state index is 13.8. The van der Waals surface area contributed by atoms with Crippen LogP contribution in [0.5, 0.6) is 0 Å². The van der Waals surface area contributed by atoms with E-state index in [9.17, 15) is 13.6 Å². The van der Waals surface area contributed by atoms with Gasteiger partial charge in [-0.25, -0.2) is 18.7 Å². The lowest BCUT2D eigenvalue weighted by atomic mass is 10.2. The fourth-order valence-corrected chi connectivity index (χ4v) is 4.16. The number of H-pyrrole nitrogens is 1.